The smallest absolute Gasteiger partial charge is 0.416 e. The van der Waals surface area contributed by atoms with Gasteiger partial charge in [0, 0.05) is 0 Å². The lowest BCUT2D eigenvalue weighted by Gasteiger charge is -2.13. The van der Waals surface area contributed by atoms with E-state index in [4.69, 9.17) is 4.74 Å². The Morgan fingerprint density at radius 3 is 2.24 bits per heavy atom. The third kappa shape index (κ3) is 6.69. The molecule has 5 nitrogen and oxygen atoms in total. The van der Waals surface area contributed by atoms with Crippen molar-refractivity contribution in [2.45, 2.75) is 12.6 Å². The predicted molar refractivity (Wildman–Crippen MR) is 120 cm³/mol. The number of amides is 1. The van der Waals surface area contributed by atoms with Crippen molar-refractivity contribution in [3.05, 3.63) is 99.7 Å². The molecule has 0 aliphatic carbocycles. The maximum Gasteiger partial charge on any atom is 0.416 e. The number of ether oxygens (including phenoxy) is 1. The van der Waals surface area contributed by atoms with Crippen LogP contribution in [0.2, 0.25) is 0 Å². The maximum atomic E-state index is 13.1. The zero-order valence-electron chi connectivity index (χ0n) is 16.9. The molecule has 3 aromatic carbocycles. The third-order valence-electron chi connectivity index (χ3n) is 4.43. The van der Waals surface area contributed by atoms with Gasteiger partial charge in [-0.2, -0.15) is 13.2 Å². The summed E-state index contributed by atoms with van der Waals surface area (Å²) in [7, 11) is 0. The van der Waals surface area contributed by atoms with E-state index in [0.717, 1.165) is 10.5 Å². The Bertz CT molecular complexity index is 1190. The number of carbonyl (C=O) groups excluding carboxylic acids is 1. The van der Waals surface area contributed by atoms with Crippen LogP contribution in [0.3, 0.4) is 0 Å². The molecule has 0 saturated carbocycles. The van der Waals surface area contributed by atoms with Crippen molar-refractivity contribution < 1.29 is 32.6 Å². The molecule has 0 atom stereocenters. The number of alkyl halides is 3. The predicted octanol–water partition coefficient (Wildman–Crippen LogP) is 6.04. The average molecular weight is 520 g/mol. The van der Waals surface area contributed by atoms with Crippen LogP contribution in [0.25, 0.3) is 6.08 Å². The molecule has 9 heteroatoms. The van der Waals surface area contributed by atoms with Crippen molar-refractivity contribution >= 4 is 33.9 Å². The van der Waals surface area contributed by atoms with Gasteiger partial charge in [-0.1, -0.05) is 42.5 Å². The molecule has 0 heterocycles. The van der Waals surface area contributed by atoms with E-state index in [1.54, 1.807) is 30.3 Å². The van der Waals surface area contributed by atoms with Gasteiger partial charge in [-0.3, -0.25) is 4.79 Å². The molecule has 3 aromatic rings. The first-order valence-corrected chi connectivity index (χ1v) is 10.3. The van der Waals surface area contributed by atoms with Gasteiger partial charge < -0.3 is 15.2 Å². The van der Waals surface area contributed by atoms with Crippen LogP contribution in [0.5, 0.6) is 11.5 Å². The Hall–Kier alpha value is -3.59. The molecule has 0 radical (unpaired) electrons. The van der Waals surface area contributed by atoms with E-state index in [1.165, 1.54) is 24.3 Å². The van der Waals surface area contributed by atoms with E-state index in [0.29, 0.717) is 17.1 Å². The van der Waals surface area contributed by atoms with Crippen LogP contribution in [-0.2, 0) is 22.2 Å². The number of hydrogen-bond acceptors (Lipinski definition) is 3. The highest BCUT2D eigenvalue weighted by atomic mass is 79.9. The minimum atomic E-state index is -4.62. The van der Waals surface area contributed by atoms with E-state index >= 15 is 0 Å². The van der Waals surface area contributed by atoms with Crippen molar-refractivity contribution in [2.75, 3.05) is 0 Å². The fraction of sp³-hybridized carbons (Fsp3) is 0.0833. The monoisotopic (exact) mass is 519 g/mol. The van der Waals surface area contributed by atoms with E-state index in [1.807, 2.05) is 18.2 Å². The molecule has 0 aromatic heterocycles. The zero-order valence-corrected chi connectivity index (χ0v) is 18.5. The van der Waals surface area contributed by atoms with Gasteiger partial charge in [-0.15, -0.1) is 0 Å². The largest absolute Gasteiger partial charge is 0.477 e. The lowest BCUT2D eigenvalue weighted by molar-refractivity contribution is -0.138. The fourth-order valence-corrected chi connectivity index (χ4v) is 3.29. The van der Waals surface area contributed by atoms with Crippen LogP contribution in [0.1, 0.15) is 16.7 Å². The highest BCUT2D eigenvalue weighted by molar-refractivity contribution is 9.10. The van der Waals surface area contributed by atoms with Crippen molar-refractivity contribution in [1.82, 2.24) is 5.32 Å². The number of hydrogen-bond donors (Lipinski definition) is 2. The van der Waals surface area contributed by atoms with E-state index in [9.17, 15) is 27.9 Å². The third-order valence-corrected chi connectivity index (χ3v) is 5.09. The van der Waals surface area contributed by atoms with Gasteiger partial charge in [0.25, 0.3) is 0 Å². The summed E-state index contributed by atoms with van der Waals surface area (Å²) >= 11 is 3.38. The Morgan fingerprint density at radius 2 is 1.61 bits per heavy atom. The van der Waals surface area contributed by atoms with Crippen LogP contribution in [-0.4, -0.2) is 17.0 Å². The molecular weight excluding hydrogens is 503 g/mol. The summed E-state index contributed by atoms with van der Waals surface area (Å²) in [5.74, 6) is -1.21. The highest BCUT2D eigenvalue weighted by Crippen LogP contribution is 2.32. The molecular formula is C24H17BrF3NO4. The number of para-hydroxylation sites is 1. The Kier molecular flexibility index (Phi) is 7.55. The van der Waals surface area contributed by atoms with Gasteiger partial charge in [0.2, 0.25) is 5.91 Å². The number of nitrogens with one attached hydrogen (secondary N) is 1. The molecule has 33 heavy (non-hydrogen) atoms. The summed E-state index contributed by atoms with van der Waals surface area (Å²) < 4.78 is 45.9. The van der Waals surface area contributed by atoms with Gasteiger partial charge in [-0.05, 0) is 63.5 Å². The normalized spacial score (nSPS) is 11.7. The van der Waals surface area contributed by atoms with Gasteiger partial charge in [0.15, 0.2) is 0 Å². The number of carbonyl (C=O) groups is 2. The van der Waals surface area contributed by atoms with Crippen LogP contribution in [0, 0.1) is 0 Å². The topological polar surface area (TPSA) is 75.6 Å². The molecule has 0 bridgehead atoms. The summed E-state index contributed by atoms with van der Waals surface area (Å²) in [6.45, 7) is 0. The Balaban J connectivity index is 1.73. The minimum Gasteiger partial charge on any atom is -0.477 e. The molecule has 0 saturated heterocycles. The number of rotatable bonds is 7. The summed E-state index contributed by atoms with van der Waals surface area (Å²) in [4.78, 5) is 23.8. The maximum absolute atomic E-state index is 13.1. The van der Waals surface area contributed by atoms with Crippen LogP contribution >= 0.6 is 15.9 Å². The van der Waals surface area contributed by atoms with E-state index in [-0.39, 0.29) is 5.56 Å². The van der Waals surface area contributed by atoms with E-state index < -0.39 is 35.7 Å². The van der Waals surface area contributed by atoms with Crippen molar-refractivity contribution in [2.24, 2.45) is 0 Å². The first-order valence-electron chi connectivity index (χ1n) is 9.56. The highest BCUT2D eigenvalue weighted by Gasteiger charge is 2.33. The summed E-state index contributed by atoms with van der Waals surface area (Å²) in [5, 5.41) is 11.6. The molecule has 2 N–H and O–H groups in total. The molecule has 0 fully saturated rings. The summed E-state index contributed by atoms with van der Waals surface area (Å²) in [6.07, 6.45) is -4.04. The molecule has 170 valence electrons. The zero-order chi connectivity index (χ0) is 24.0. The first-order chi connectivity index (χ1) is 15.6. The van der Waals surface area contributed by atoms with Gasteiger partial charge in [-0.25, -0.2) is 4.79 Å². The number of benzene rings is 3. The second-order valence-electron chi connectivity index (χ2n) is 6.84. The lowest BCUT2D eigenvalue weighted by atomic mass is 10.0. The molecule has 0 spiro atoms. The molecule has 0 aliphatic rings. The fourth-order valence-electron chi connectivity index (χ4n) is 2.92. The van der Waals surface area contributed by atoms with Gasteiger partial charge in [0.1, 0.15) is 17.2 Å². The van der Waals surface area contributed by atoms with Crippen molar-refractivity contribution in [1.29, 1.82) is 0 Å². The number of carboxylic acids is 1. The minimum absolute atomic E-state index is 0.249. The van der Waals surface area contributed by atoms with Gasteiger partial charge >= 0.3 is 12.1 Å². The first kappa shape index (κ1) is 24.1. The molecule has 0 aliphatic heterocycles. The Morgan fingerprint density at radius 1 is 0.970 bits per heavy atom. The van der Waals surface area contributed by atoms with Crippen LogP contribution in [0.4, 0.5) is 13.2 Å². The summed E-state index contributed by atoms with van der Waals surface area (Å²) in [5.41, 5.74) is -1.21. The molecule has 1 amide bonds. The SMILES string of the molecule is O=C(Cc1ccccc1C(F)(F)F)N/C(=C/c1ccc(Oc2ccccc2Br)cc1)C(=O)O. The van der Waals surface area contributed by atoms with E-state index in [2.05, 4.69) is 21.2 Å². The molecule has 0 unspecified atom stereocenters. The second kappa shape index (κ2) is 10.4. The number of halogens is 4. The molecule has 3 rings (SSSR count). The van der Waals surface area contributed by atoms with Crippen LogP contribution in [0.15, 0.2) is 83.0 Å². The van der Waals surface area contributed by atoms with Crippen LogP contribution < -0.4 is 10.1 Å². The number of aliphatic carboxylic acids is 1. The average Bonchev–Trinajstić information content (AvgIpc) is 2.75. The lowest BCUT2D eigenvalue weighted by Crippen LogP contribution is -2.29. The Labute approximate surface area is 195 Å². The second-order valence-corrected chi connectivity index (χ2v) is 7.70. The van der Waals surface area contributed by atoms with Crippen molar-refractivity contribution in [3.63, 3.8) is 0 Å². The van der Waals surface area contributed by atoms with Crippen molar-refractivity contribution in [3.8, 4) is 11.5 Å². The van der Waals surface area contributed by atoms with Gasteiger partial charge in [0.05, 0.1) is 16.5 Å². The quantitative estimate of drug-likeness (QED) is 0.373. The number of carboxylic acid groups (broad SMARTS) is 1. The summed E-state index contributed by atoms with van der Waals surface area (Å²) in [6, 6.07) is 18.3. The standard InChI is InChI=1S/C24H17BrF3NO4/c25-19-7-3-4-8-21(19)33-17-11-9-15(10-12-17)13-20(23(31)32)29-22(30)14-16-5-1-2-6-18(16)24(26,27)28/h1-13H,14H2,(H,29,30)(H,31,32)/b20-13+.